The molecule has 1 heterocycles. The first kappa shape index (κ1) is 15.3. The van der Waals surface area contributed by atoms with Gasteiger partial charge in [0.25, 0.3) is 10.0 Å². The number of hydrogen-bond donors (Lipinski definition) is 2. The number of nitrogens with one attached hydrogen (secondary N) is 1. The minimum atomic E-state index is -4.08. The summed E-state index contributed by atoms with van der Waals surface area (Å²) in [4.78, 5) is -0.475. The van der Waals surface area contributed by atoms with Gasteiger partial charge in [-0.2, -0.15) is 5.10 Å². The lowest BCUT2D eigenvalue weighted by molar-refractivity contribution is 0.538. The number of halogens is 1. The second-order valence-electron chi connectivity index (χ2n) is 5.01. The van der Waals surface area contributed by atoms with Gasteiger partial charge in [-0.05, 0) is 38.5 Å². The first-order valence-corrected chi connectivity index (χ1v) is 7.82. The summed E-state index contributed by atoms with van der Waals surface area (Å²) in [6, 6.07) is 3.95. The van der Waals surface area contributed by atoms with E-state index < -0.39 is 20.7 Å². The average Bonchev–Trinajstić information content (AvgIpc) is 2.81. The molecule has 0 aliphatic heterocycles. The van der Waals surface area contributed by atoms with E-state index in [0.29, 0.717) is 0 Å². The van der Waals surface area contributed by atoms with Crippen molar-refractivity contribution in [2.24, 2.45) is 0 Å². The minimum Gasteiger partial charge on any atom is -0.399 e. The first-order chi connectivity index (χ1) is 9.72. The van der Waals surface area contributed by atoms with Crippen LogP contribution in [0.25, 0.3) is 0 Å². The standard InChI is InChI=1S/C13H17FN4O2S/c1-8(2)18-12(4-5-16-18)17-21(19,20)11-7-10(15)6-9(3)13(11)14/h4-8,17H,15H2,1-3H3. The van der Waals surface area contributed by atoms with E-state index in [1.807, 2.05) is 13.8 Å². The Kier molecular flexibility index (Phi) is 3.91. The Morgan fingerprint density at radius 2 is 2.05 bits per heavy atom. The van der Waals surface area contributed by atoms with E-state index in [1.54, 1.807) is 0 Å². The number of nitrogens with two attached hydrogens (primary N) is 1. The molecular weight excluding hydrogens is 295 g/mol. The Labute approximate surface area is 122 Å². The molecule has 0 spiro atoms. The lowest BCUT2D eigenvalue weighted by Crippen LogP contribution is -2.19. The molecule has 114 valence electrons. The number of aryl methyl sites for hydroxylation is 1. The normalized spacial score (nSPS) is 11.9. The van der Waals surface area contributed by atoms with Gasteiger partial charge in [0.05, 0.1) is 6.20 Å². The van der Waals surface area contributed by atoms with E-state index >= 15 is 0 Å². The summed E-state index contributed by atoms with van der Waals surface area (Å²) in [5.74, 6) is -0.545. The van der Waals surface area contributed by atoms with Crippen molar-refractivity contribution in [1.82, 2.24) is 9.78 Å². The molecule has 21 heavy (non-hydrogen) atoms. The summed E-state index contributed by atoms with van der Waals surface area (Å²) in [7, 11) is -4.08. The van der Waals surface area contributed by atoms with Crippen LogP contribution in [-0.2, 0) is 10.0 Å². The van der Waals surface area contributed by atoms with Gasteiger partial charge in [-0.15, -0.1) is 0 Å². The number of hydrogen-bond acceptors (Lipinski definition) is 4. The molecular formula is C13H17FN4O2S. The van der Waals surface area contributed by atoms with Crippen molar-refractivity contribution < 1.29 is 12.8 Å². The topological polar surface area (TPSA) is 90.0 Å². The molecule has 3 N–H and O–H groups in total. The van der Waals surface area contributed by atoms with Crippen LogP contribution in [0.3, 0.4) is 0 Å². The van der Waals surface area contributed by atoms with Crippen LogP contribution in [-0.4, -0.2) is 18.2 Å². The molecule has 0 saturated heterocycles. The summed E-state index contributed by atoms with van der Waals surface area (Å²) in [5, 5.41) is 4.02. The smallest absolute Gasteiger partial charge is 0.266 e. The van der Waals surface area contributed by atoms with Crippen molar-refractivity contribution in [3.63, 3.8) is 0 Å². The van der Waals surface area contributed by atoms with Crippen molar-refractivity contribution >= 4 is 21.5 Å². The Hall–Kier alpha value is -2.09. The molecule has 0 saturated carbocycles. The highest BCUT2D eigenvalue weighted by Crippen LogP contribution is 2.24. The SMILES string of the molecule is Cc1cc(N)cc(S(=O)(=O)Nc2ccnn2C(C)C)c1F. The molecule has 0 atom stereocenters. The largest absolute Gasteiger partial charge is 0.399 e. The number of benzene rings is 1. The average molecular weight is 312 g/mol. The maximum atomic E-state index is 14.1. The zero-order valence-corrected chi connectivity index (χ0v) is 12.8. The number of sulfonamides is 1. The van der Waals surface area contributed by atoms with Gasteiger partial charge in [-0.25, -0.2) is 17.5 Å². The zero-order chi connectivity index (χ0) is 15.8. The maximum Gasteiger partial charge on any atom is 0.266 e. The second-order valence-corrected chi connectivity index (χ2v) is 6.66. The Morgan fingerprint density at radius 3 is 2.67 bits per heavy atom. The highest BCUT2D eigenvalue weighted by Gasteiger charge is 2.23. The van der Waals surface area contributed by atoms with Gasteiger partial charge in [-0.3, -0.25) is 4.72 Å². The maximum absolute atomic E-state index is 14.1. The van der Waals surface area contributed by atoms with Gasteiger partial charge in [0, 0.05) is 17.8 Å². The highest BCUT2D eigenvalue weighted by atomic mass is 32.2. The van der Waals surface area contributed by atoms with Crippen molar-refractivity contribution in [2.75, 3.05) is 10.5 Å². The Balaban J connectivity index is 2.46. The molecule has 1 aromatic carbocycles. The fourth-order valence-corrected chi connectivity index (χ4v) is 3.19. The Bertz CT molecular complexity index is 768. The third-order valence-corrected chi connectivity index (χ3v) is 4.29. The van der Waals surface area contributed by atoms with Crippen LogP contribution in [0.2, 0.25) is 0 Å². The molecule has 0 radical (unpaired) electrons. The molecule has 8 heteroatoms. The van der Waals surface area contributed by atoms with Crippen LogP contribution in [0.5, 0.6) is 0 Å². The lowest BCUT2D eigenvalue weighted by Gasteiger charge is -2.14. The summed E-state index contributed by atoms with van der Waals surface area (Å²) < 4.78 is 42.6. The monoisotopic (exact) mass is 312 g/mol. The number of nitrogen functional groups attached to an aromatic ring is 1. The second kappa shape index (κ2) is 5.36. The molecule has 1 aromatic heterocycles. The van der Waals surface area contributed by atoms with E-state index in [9.17, 15) is 12.8 Å². The molecule has 0 bridgehead atoms. The van der Waals surface area contributed by atoms with E-state index in [2.05, 4.69) is 9.82 Å². The molecule has 0 amide bonds. The summed E-state index contributed by atoms with van der Waals surface area (Å²) in [6.07, 6.45) is 1.47. The predicted molar refractivity (Wildman–Crippen MR) is 79.0 cm³/mol. The minimum absolute atomic E-state index is 0.0369. The van der Waals surface area contributed by atoms with Crippen molar-refractivity contribution in [3.05, 3.63) is 35.8 Å². The molecule has 0 aliphatic carbocycles. The van der Waals surface area contributed by atoms with Gasteiger partial charge >= 0.3 is 0 Å². The van der Waals surface area contributed by atoms with E-state index in [4.69, 9.17) is 5.73 Å². The number of nitrogens with zero attached hydrogens (tertiary/aromatic N) is 2. The molecule has 0 fully saturated rings. The van der Waals surface area contributed by atoms with Crippen molar-refractivity contribution in [1.29, 1.82) is 0 Å². The number of anilines is 2. The van der Waals surface area contributed by atoms with Crippen LogP contribution < -0.4 is 10.5 Å². The van der Waals surface area contributed by atoms with Gasteiger partial charge in [0.15, 0.2) is 0 Å². The van der Waals surface area contributed by atoms with Crippen molar-refractivity contribution in [3.8, 4) is 0 Å². The third kappa shape index (κ3) is 2.99. The van der Waals surface area contributed by atoms with Crippen LogP contribution in [0.1, 0.15) is 25.5 Å². The first-order valence-electron chi connectivity index (χ1n) is 6.34. The summed E-state index contributed by atoms with van der Waals surface area (Å²) in [5.41, 5.74) is 5.96. The molecule has 2 rings (SSSR count). The zero-order valence-electron chi connectivity index (χ0n) is 12.0. The van der Waals surface area contributed by atoms with Gasteiger partial charge in [-0.1, -0.05) is 0 Å². The third-order valence-electron chi connectivity index (χ3n) is 2.93. The van der Waals surface area contributed by atoms with Crippen LogP contribution >= 0.6 is 0 Å². The van der Waals surface area contributed by atoms with E-state index in [-0.39, 0.29) is 23.1 Å². The fourth-order valence-electron chi connectivity index (χ4n) is 1.96. The van der Waals surface area contributed by atoms with Crippen molar-refractivity contribution in [2.45, 2.75) is 31.7 Å². The summed E-state index contributed by atoms with van der Waals surface area (Å²) in [6.45, 7) is 5.18. The van der Waals surface area contributed by atoms with Gasteiger partial charge in [0.1, 0.15) is 16.5 Å². The summed E-state index contributed by atoms with van der Waals surface area (Å²) >= 11 is 0. The lowest BCUT2D eigenvalue weighted by atomic mass is 10.2. The highest BCUT2D eigenvalue weighted by molar-refractivity contribution is 7.92. The Morgan fingerprint density at radius 1 is 1.38 bits per heavy atom. The van der Waals surface area contributed by atoms with Gasteiger partial charge in [0.2, 0.25) is 0 Å². The number of rotatable bonds is 4. The number of aromatic nitrogens is 2. The van der Waals surface area contributed by atoms with E-state index in [1.165, 1.54) is 29.9 Å². The van der Waals surface area contributed by atoms with Crippen LogP contribution in [0, 0.1) is 12.7 Å². The fraction of sp³-hybridized carbons (Fsp3) is 0.308. The predicted octanol–water partition coefficient (Wildman–Crippen LogP) is 2.29. The van der Waals surface area contributed by atoms with Gasteiger partial charge < -0.3 is 5.73 Å². The molecule has 0 unspecified atom stereocenters. The molecule has 0 aliphatic rings. The van der Waals surface area contributed by atoms with Crippen LogP contribution in [0.15, 0.2) is 29.3 Å². The van der Waals surface area contributed by atoms with E-state index in [0.717, 1.165) is 6.07 Å². The molecule has 6 nitrogen and oxygen atoms in total. The van der Waals surface area contributed by atoms with Crippen LogP contribution in [0.4, 0.5) is 15.9 Å². The quantitative estimate of drug-likeness (QED) is 0.848. The molecule has 2 aromatic rings.